The summed E-state index contributed by atoms with van der Waals surface area (Å²) in [5, 5.41) is 3.82. The quantitative estimate of drug-likeness (QED) is 0.794. The van der Waals surface area contributed by atoms with E-state index >= 15 is 0 Å². The molecule has 4 aliphatic carbocycles. The van der Waals surface area contributed by atoms with Gasteiger partial charge >= 0.3 is 0 Å². The Labute approximate surface area is 105 Å². The third-order valence-electron chi connectivity index (χ3n) is 5.32. The summed E-state index contributed by atoms with van der Waals surface area (Å²) in [5.41, 5.74) is 0. The first-order valence-corrected chi connectivity index (χ1v) is 7.61. The van der Waals surface area contributed by atoms with Crippen molar-refractivity contribution in [3.63, 3.8) is 0 Å². The molecule has 17 heavy (non-hydrogen) atoms. The number of hydrogen-bond acceptors (Lipinski definition) is 2. The number of rotatable bonds is 5. The topological polar surface area (TPSA) is 21.3 Å². The SMILES string of the molecule is CCOC(C)CNC1C2CC3CC(C2)CC1C3. The molecule has 4 rings (SSSR count). The highest BCUT2D eigenvalue weighted by molar-refractivity contribution is 5.01. The fraction of sp³-hybridized carbons (Fsp3) is 1.00. The van der Waals surface area contributed by atoms with Crippen LogP contribution in [0.4, 0.5) is 0 Å². The van der Waals surface area contributed by atoms with Crippen LogP contribution in [-0.4, -0.2) is 25.3 Å². The molecule has 1 unspecified atom stereocenters. The highest BCUT2D eigenvalue weighted by atomic mass is 16.5. The molecular weight excluding hydrogens is 210 g/mol. The van der Waals surface area contributed by atoms with Gasteiger partial charge < -0.3 is 10.1 Å². The largest absolute Gasteiger partial charge is 0.377 e. The van der Waals surface area contributed by atoms with Gasteiger partial charge in [0.15, 0.2) is 0 Å². The normalized spacial score (nSPS) is 45.2. The van der Waals surface area contributed by atoms with E-state index in [4.69, 9.17) is 4.74 Å². The second kappa shape index (κ2) is 4.89. The average molecular weight is 237 g/mol. The standard InChI is InChI=1S/C15H27NO/c1-3-17-10(2)9-16-15-13-5-11-4-12(7-13)8-14(15)6-11/h10-16H,3-9H2,1-2H3. The van der Waals surface area contributed by atoms with E-state index in [1.807, 2.05) is 0 Å². The van der Waals surface area contributed by atoms with Gasteiger partial charge in [0.25, 0.3) is 0 Å². The zero-order chi connectivity index (χ0) is 11.8. The van der Waals surface area contributed by atoms with Crippen molar-refractivity contribution in [3.8, 4) is 0 Å². The van der Waals surface area contributed by atoms with Gasteiger partial charge in [0, 0.05) is 19.2 Å². The summed E-state index contributed by atoms with van der Waals surface area (Å²) in [6, 6.07) is 0.811. The summed E-state index contributed by atoms with van der Waals surface area (Å²) in [6.45, 7) is 6.15. The molecule has 0 heterocycles. The molecule has 4 aliphatic rings. The first-order chi connectivity index (χ1) is 8.26. The lowest BCUT2D eigenvalue weighted by Crippen LogP contribution is -2.55. The van der Waals surface area contributed by atoms with E-state index in [9.17, 15) is 0 Å². The Balaban J connectivity index is 1.54. The van der Waals surface area contributed by atoms with Crippen LogP contribution in [0.5, 0.6) is 0 Å². The van der Waals surface area contributed by atoms with E-state index in [0.29, 0.717) is 6.10 Å². The van der Waals surface area contributed by atoms with Crippen LogP contribution in [0.2, 0.25) is 0 Å². The minimum atomic E-state index is 0.372. The molecule has 2 heteroatoms. The van der Waals surface area contributed by atoms with Gasteiger partial charge in [-0.1, -0.05) is 0 Å². The molecule has 1 N–H and O–H groups in total. The molecule has 0 amide bonds. The highest BCUT2D eigenvalue weighted by Crippen LogP contribution is 2.53. The Kier molecular flexibility index (Phi) is 3.45. The number of hydrogen-bond donors (Lipinski definition) is 1. The van der Waals surface area contributed by atoms with Gasteiger partial charge in [0.1, 0.15) is 0 Å². The maximum atomic E-state index is 5.62. The Morgan fingerprint density at radius 1 is 1.06 bits per heavy atom. The summed E-state index contributed by atoms with van der Waals surface area (Å²) >= 11 is 0. The molecule has 0 aromatic rings. The molecule has 4 bridgehead atoms. The molecule has 0 aromatic heterocycles. The van der Waals surface area contributed by atoms with E-state index in [-0.39, 0.29) is 0 Å². The van der Waals surface area contributed by atoms with Crippen molar-refractivity contribution in [2.45, 2.75) is 58.1 Å². The summed E-state index contributed by atoms with van der Waals surface area (Å²) in [5.74, 6) is 4.14. The third-order valence-corrected chi connectivity index (χ3v) is 5.32. The van der Waals surface area contributed by atoms with Crippen molar-refractivity contribution < 1.29 is 4.74 Å². The molecule has 4 saturated carbocycles. The molecule has 0 radical (unpaired) electrons. The predicted molar refractivity (Wildman–Crippen MR) is 69.9 cm³/mol. The lowest BCUT2D eigenvalue weighted by Gasteiger charge is -2.54. The molecule has 0 aromatic carbocycles. The molecular formula is C15H27NO. The number of ether oxygens (including phenoxy) is 1. The fourth-order valence-corrected chi connectivity index (χ4v) is 4.90. The Hall–Kier alpha value is -0.0800. The van der Waals surface area contributed by atoms with Gasteiger partial charge in [-0.2, -0.15) is 0 Å². The maximum Gasteiger partial charge on any atom is 0.0671 e. The van der Waals surface area contributed by atoms with Gasteiger partial charge in [-0.25, -0.2) is 0 Å². The molecule has 0 saturated heterocycles. The Bertz CT molecular complexity index is 238. The van der Waals surface area contributed by atoms with Crippen LogP contribution in [-0.2, 0) is 4.74 Å². The van der Waals surface area contributed by atoms with Gasteiger partial charge in [-0.3, -0.25) is 0 Å². The molecule has 4 fully saturated rings. The van der Waals surface area contributed by atoms with Gasteiger partial charge in [0.05, 0.1) is 6.10 Å². The van der Waals surface area contributed by atoms with E-state index in [1.165, 1.54) is 25.7 Å². The first kappa shape index (κ1) is 12.0. The Morgan fingerprint density at radius 3 is 2.18 bits per heavy atom. The van der Waals surface area contributed by atoms with Crippen LogP contribution >= 0.6 is 0 Å². The molecule has 2 nitrogen and oxygen atoms in total. The van der Waals surface area contributed by atoms with Crippen LogP contribution in [0.15, 0.2) is 0 Å². The van der Waals surface area contributed by atoms with E-state index in [1.54, 1.807) is 6.42 Å². The van der Waals surface area contributed by atoms with Crippen LogP contribution in [0.3, 0.4) is 0 Å². The van der Waals surface area contributed by atoms with E-state index in [0.717, 1.165) is 42.9 Å². The Morgan fingerprint density at radius 2 is 1.65 bits per heavy atom. The van der Waals surface area contributed by atoms with Crippen LogP contribution < -0.4 is 5.32 Å². The summed E-state index contributed by atoms with van der Waals surface area (Å²) in [7, 11) is 0. The minimum Gasteiger partial charge on any atom is -0.377 e. The van der Waals surface area contributed by atoms with Crippen molar-refractivity contribution in [2.24, 2.45) is 23.7 Å². The maximum absolute atomic E-state index is 5.62. The van der Waals surface area contributed by atoms with Gasteiger partial charge in [-0.15, -0.1) is 0 Å². The zero-order valence-corrected chi connectivity index (χ0v) is 11.3. The van der Waals surface area contributed by atoms with Crippen LogP contribution in [0.25, 0.3) is 0 Å². The second-order valence-corrected chi connectivity index (χ2v) is 6.63. The minimum absolute atomic E-state index is 0.372. The smallest absolute Gasteiger partial charge is 0.0671 e. The molecule has 98 valence electrons. The fourth-order valence-electron chi connectivity index (χ4n) is 4.90. The van der Waals surface area contributed by atoms with Gasteiger partial charge in [-0.05, 0) is 69.6 Å². The van der Waals surface area contributed by atoms with Crippen LogP contribution in [0, 0.1) is 23.7 Å². The average Bonchev–Trinajstić information content (AvgIpc) is 2.27. The van der Waals surface area contributed by atoms with Crippen molar-refractivity contribution >= 4 is 0 Å². The zero-order valence-electron chi connectivity index (χ0n) is 11.3. The summed E-state index contributed by atoms with van der Waals surface area (Å²) < 4.78 is 5.62. The lowest BCUT2D eigenvalue weighted by atomic mass is 9.54. The van der Waals surface area contributed by atoms with Crippen molar-refractivity contribution in [3.05, 3.63) is 0 Å². The van der Waals surface area contributed by atoms with Gasteiger partial charge in [0.2, 0.25) is 0 Å². The predicted octanol–water partition coefficient (Wildman–Crippen LogP) is 2.83. The monoisotopic (exact) mass is 237 g/mol. The summed E-state index contributed by atoms with van der Waals surface area (Å²) in [6.07, 6.45) is 7.95. The van der Waals surface area contributed by atoms with Crippen molar-refractivity contribution in [2.75, 3.05) is 13.2 Å². The van der Waals surface area contributed by atoms with Crippen LogP contribution in [0.1, 0.15) is 46.0 Å². The van der Waals surface area contributed by atoms with Crippen molar-refractivity contribution in [1.82, 2.24) is 5.32 Å². The van der Waals surface area contributed by atoms with E-state index in [2.05, 4.69) is 19.2 Å². The lowest BCUT2D eigenvalue weighted by molar-refractivity contribution is -0.0201. The first-order valence-electron chi connectivity index (χ1n) is 7.61. The third kappa shape index (κ3) is 2.39. The number of nitrogens with one attached hydrogen (secondary N) is 1. The highest BCUT2D eigenvalue weighted by Gasteiger charge is 2.47. The van der Waals surface area contributed by atoms with Crippen molar-refractivity contribution in [1.29, 1.82) is 0 Å². The molecule has 0 aliphatic heterocycles. The molecule has 1 atom stereocenters. The van der Waals surface area contributed by atoms with E-state index < -0.39 is 0 Å². The summed E-state index contributed by atoms with van der Waals surface area (Å²) in [4.78, 5) is 0. The second-order valence-electron chi connectivity index (χ2n) is 6.63. The molecule has 0 spiro atoms.